The highest BCUT2D eigenvalue weighted by Gasteiger charge is 2.23. The van der Waals surface area contributed by atoms with Crippen LogP contribution in [0, 0.1) is 0 Å². The molecule has 0 bridgehead atoms. The van der Waals surface area contributed by atoms with E-state index in [2.05, 4.69) is 0 Å². The average molecular weight is 332 g/mol. The third kappa shape index (κ3) is 3.21. The van der Waals surface area contributed by atoms with Crippen LogP contribution in [0.15, 0.2) is 33.2 Å². The zero-order valence-corrected chi connectivity index (χ0v) is 13.3. The Bertz CT molecular complexity index is 673. The van der Waals surface area contributed by atoms with Gasteiger partial charge < -0.3 is 5.73 Å². The lowest BCUT2D eigenvalue weighted by Gasteiger charge is -2.15. The molecule has 0 aliphatic rings. The first-order valence-corrected chi connectivity index (χ1v) is 8.89. The van der Waals surface area contributed by atoms with Gasteiger partial charge in [-0.05, 0) is 34.5 Å². The Morgan fingerprint density at radius 1 is 1.42 bits per heavy atom. The van der Waals surface area contributed by atoms with Crippen LogP contribution in [0.2, 0.25) is 0 Å². The molecule has 102 valence electrons. The van der Waals surface area contributed by atoms with Crippen molar-refractivity contribution in [1.82, 2.24) is 4.31 Å². The Labute approximate surface area is 125 Å². The van der Waals surface area contributed by atoms with Crippen molar-refractivity contribution in [3.05, 3.63) is 39.4 Å². The average Bonchev–Trinajstić information content (AvgIpc) is 2.99. The van der Waals surface area contributed by atoms with E-state index in [9.17, 15) is 8.42 Å². The second kappa shape index (κ2) is 5.68. The molecule has 2 N–H and O–H groups in total. The summed E-state index contributed by atoms with van der Waals surface area (Å²) in [6, 6.07) is 5.09. The Morgan fingerprint density at radius 3 is 2.68 bits per heavy atom. The van der Waals surface area contributed by atoms with Crippen molar-refractivity contribution in [2.75, 3.05) is 7.05 Å². The molecule has 0 atom stereocenters. The van der Waals surface area contributed by atoms with E-state index in [0.29, 0.717) is 11.4 Å². The second-order valence-corrected chi connectivity index (χ2v) is 8.45. The van der Waals surface area contributed by atoms with E-state index in [1.807, 2.05) is 16.8 Å². The maximum atomic E-state index is 12.3. The molecule has 0 aliphatic heterocycles. The molecule has 2 aromatic heterocycles. The first kappa shape index (κ1) is 14.6. The summed E-state index contributed by atoms with van der Waals surface area (Å²) in [5.74, 6) is 0. The Morgan fingerprint density at radius 2 is 2.16 bits per heavy atom. The molecule has 2 heterocycles. The summed E-state index contributed by atoms with van der Waals surface area (Å²) in [5, 5.41) is 3.85. The summed E-state index contributed by atoms with van der Waals surface area (Å²) in [5.41, 5.74) is 6.47. The number of thiocarbonyl (C=S) groups is 1. The van der Waals surface area contributed by atoms with Crippen LogP contribution in [0.4, 0.5) is 0 Å². The van der Waals surface area contributed by atoms with Crippen molar-refractivity contribution < 1.29 is 8.42 Å². The number of nitrogens with two attached hydrogens (primary N) is 1. The molecular weight excluding hydrogens is 320 g/mol. The minimum atomic E-state index is -3.49. The minimum Gasteiger partial charge on any atom is -0.389 e. The number of nitrogens with zero attached hydrogens (tertiary/aromatic N) is 1. The van der Waals surface area contributed by atoms with Gasteiger partial charge in [-0.25, -0.2) is 8.42 Å². The summed E-state index contributed by atoms with van der Waals surface area (Å²) in [7, 11) is -1.92. The van der Waals surface area contributed by atoms with Crippen LogP contribution in [0.1, 0.15) is 10.4 Å². The van der Waals surface area contributed by atoms with E-state index in [1.165, 1.54) is 4.31 Å². The van der Waals surface area contributed by atoms with Crippen LogP contribution >= 0.6 is 34.9 Å². The van der Waals surface area contributed by atoms with Gasteiger partial charge in [0, 0.05) is 13.6 Å². The summed E-state index contributed by atoms with van der Waals surface area (Å²) >= 11 is 7.48. The highest BCUT2D eigenvalue weighted by Crippen LogP contribution is 2.25. The molecular formula is C11H12N2O2S4. The summed E-state index contributed by atoms with van der Waals surface area (Å²) in [4.78, 5) is 0.824. The zero-order chi connectivity index (χ0) is 14.0. The largest absolute Gasteiger partial charge is 0.389 e. The van der Waals surface area contributed by atoms with E-state index >= 15 is 0 Å². The molecule has 0 unspecified atom stereocenters. The van der Waals surface area contributed by atoms with Crippen molar-refractivity contribution in [3.63, 3.8) is 0 Å². The molecule has 8 heteroatoms. The molecule has 4 nitrogen and oxygen atoms in total. The molecule has 0 saturated heterocycles. The molecule has 0 aliphatic carbocycles. The first-order valence-electron chi connectivity index (χ1n) is 5.28. The van der Waals surface area contributed by atoms with E-state index in [4.69, 9.17) is 18.0 Å². The van der Waals surface area contributed by atoms with Crippen LogP contribution in [0.25, 0.3) is 0 Å². The zero-order valence-electron chi connectivity index (χ0n) is 10.1. The maximum Gasteiger partial charge on any atom is 0.252 e. The van der Waals surface area contributed by atoms with Crippen molar-refractivity contribution >= 4 is 49.9 Å². The van der Waals surface area contributed by atoms with Gasteiger partial charge in [-0.15, -0.1) is 11.3 Å². The van der Waals surface area contributed by atoms with Gasteiger partial charge in [-0.3, -0.25) is 0 Å². The van der Waals surface area contributed by atoms with Gasteiger partial charge in [-0.1, -0.05) is 12.2 Å². The van der Waals surface area contributed by atoms with Gasteiger partial charge in [0.25, 0.3) is 10.0 Å². The van der Waals surface area contributed by atoms with Crippen LogP contribution in [0.5, 0.6) is 0 Å². The van der Waals surface area contributed by atoms with Crippen molar-refractivity contribution in [3.8, 4) is 0 Å². The predicted molar refractivity (Wildman–Crippen MR) is 83.2 cm³/mol. The van der Waals surface area contributed by atoms with Crippen LogP contribution in [-0.2, 0) is 16.6 Å². The van der Waals surface area contributed by atoms with E-state index in [1.54, 1.807) is 30.5 Å². The molecule has 2 rings (SSSR count). The normalized spacial score (nSPS) is 11.9. The monoisotopic (exact) mass is 332 g/mol. The number of sulfonamides is 1. The Hall–Kier alpha value is -0.800. The van der Waals surface area contributed by atoms with Gasteiger partial charge >= 0.3 is 0 Å². The third-order valence-corrected chi connectivity index (χ3v) is 6.94. The summed E-state index contributed by atoms with van der Waals surface area (Å²) < 4.78 is 26.3. The SMILES string of the molecule is CN(Cc1ccsc1)S(=O)(=O)c1ccc(C(N)=S)s1. The van der Waals surface area contributed by atoms with Gasteiger partial charge in [0.15, 0.2) is 0 Å². The minimum absolute atomic E-state index is 0.215. The van der Waals surface area contributed by atoms with Gasteiger partial charge in [0.2, 0.25) is 0 Å². The Balaban J connectivity index is 2.23. The number of thiophene rings is 2. The lowest BCUT2D eigenvalue weighted by Crippen LogP contribution is -2.25. The molecule has 2 aromatic rings. The second-order valence-electron chi connectivity index (χ2n) is 3.88. The predicted octanol–water partition coefficient (Wildman–Crippen LogP) is 2.26. The standard InChI is InChI=1S/C11H12N2O2S4/c1-13(6-8-4-5-17-7-8)19(14,15)10-3-2-9(18-10)11(12)16/h2-5,7H,6H2,1H3,(H2,12,16). The maximum absolute atomic E-state index is 12.3. The highest BCUT2D eigenvalue weighted by atomic mass is 32.2. The quantitative estimate of drug-likeness (QED) is 0.853. The van der Waals surface area contributed by atoms with Gasteiger partial charge in [0.05, 0.1) is 4.88 Å². The van der Waals surface area contributed by atoms with Crippen LogP contribution in [0.3, 0.4) is 0 Å². The molecule has 0 amide bonds. The summed E-state index contributed by atoms with van der Waals surface area (Å²) in [6.07, 6.45) is 0. The molecule has 0 saturated carbocycles. The fourth-order valence-electron chi connectivity index (χ4n) is 1.47. The smallest absolute Gasteiger partial charge is 0.252 e. The number of hydrogen-bond donors (Lipinski definition) is 1. The van der Waals surface area contributed by atoms with E-state index in [0.717, 1.165) is 16.9 Å². The van der Waals surface area contributed by atoms with Gasteiger partial charge in [-0.2, -0.15) is 15.6 Å². The Kier molecular flexibility index (Phi) is 4.36. The lowest BCUT2D eigenvalue weighted by molar-refractivity contribution is 0.469. The third-order valence-electron chi connectivity index (χ3n) is 2.47. The topological polar surface area (TPSA) is 63.4 Å². The van der Waals surface area contributed by atoms with Crippen LogP contribution in [-0.4, -0.2) is 24.8 Å². The lowest BCUT2D eigenvalue weighted by atomic mass is 10.3. The van der Waals surface area contributed by atoms with Crippen LogP contribution < -0.4 is 5.73 Å². The molecule has 0 aromatic carbocycles. The van der Waals surface area contributed by atoms with E-state index in [-0.39, 0.29) is 9.20 Å². The molecule has 0 fully saturated rings. The highest BCUT2D eigenvalue weighted by molar-refractivity contribution is 7.91. The van der Waals surface area contributed by atoms with Crippen molar-refractivity contribution in [2.45, 2.75) is 10.8 Å². The molecule has 0 radical (unpaired) electrons. The first-order chi connectivity index (χ1) is 8.91. The summed E-state index contributed by atoms with van der Waals surface area (Å²) in [6.45, 7) is 0.353. The van der Waals surface area contributed by atoms with Gasteiger partial charge in [0.1, 0.15) is 9.20 Å². The fraction of sp³-hybridized carbons (Fsp3) is 0.182. The van der Waals surface area contributed by atoms with E-state index < -0.39 is 10.0 Å². The number of hydrogen-bond acceptors (Lipinski definition) is 5. The molecule has 19 heavy (non-hydrogen) atoms. The van der Waals surface area contributed by atoms with Crippen molar-refractivity contribution in [1.29, 1.82) is 0 Å². The number of rotatable bonds is 5. The fourth-order valence-corrected chi connectivity index (χ4v) is 4.85. The van der Waals surface area contributed by atoms with Crippen molar-refractivity contribution in [2.24, 2.45) is 5.73 Å². The molecule has 0 spiro atoms.